The molecule has 0 rings (SSSR count). The van der Waals surface area contributed by atoms with Crippen molar-refractivity contribution in [1.29, 1.82) is 0 Å². The predicted octanol–water partition coefficient (Wildman–Crippen LogP) is 16.0. The van der Waals surface area contributed by atoms with E-state index in [9.17, 15) is 19.0 Å². The third-order valence-corrected chi connectivity index (χ3v) is 13.1. The topological polar surface area (TPSA) is 111 Å². The number of carbonyl (C=O) groups excluding carboxylic acids is 2. The predicted molar refractivity (Wildman–Crippen MR) is 277 cm³/mol. The summed E-state index contributed by atoms with van der Waals surface area (Å²) in [5.41, 5.74) is 0. The first-order valence-corrected chi connectivity index (χ1v) is 28.8. The van der Waals surface area contributed by atoms with Crippen molar-refractivity contribution in [2.75, 3.05) is 40.9 Å². The van der Waals surface area contributed by atoms with Gasteiger partial charge in [-0.05, 0) is 51.0 Å². The van der Waals surface area contributed by atoms with E-state index in [1.807, 2.05) is 39.4 Å². The third-order valence-electron chi connectivity index (χ3n) is 12.1. The van der Waals surface area contributed by atoms with Gasteiger partial charge in [-0.3, -0.25) is 18.6 Å². The van der Waals surface area contributed by atoms with Crippen LogP contribution in [0, 0.1) is 0 Å². The van der Waals surface area contributed by atoms with Gasteiger partial charge < -0.3 is 19.4 Å². The SMILES string of the molecule is CCCCCCCC/C=C\C/C=C/CCC(=O)OC(/C=C/CCCCCCCCCCCCC)C(COP(=O)(O)OCC[N+](C)(C)C)NC(=O)CCCCCCCCCCCCCCC. The maximum Gasteiger partial charge on any atom is 0.472 e. The molecule has 0 aliphatic rings. The van der Waals surface area contributed by atoms with Crippen LogP contribution in [0.25, 0.3) is 0 Å². The highest BCUT2D eigenvalue weighted by Gasteiger charge is 2.30. The number of allylic oxidation sites excluding steroid dienone is 5. The lowest BCUT2D eigenvalue weighted by Gasteiger charge is -2.27. The van der Waals surface area contributed by atoms with E-state index in [0.29, 0.717) is 23.9 Å². The fourth-order valence-electron chi connectivity index (χ4n) is 7.82. The van der Waals surface area contributed by atoms with Crippen LogP contribution in [0.4, 0.5) is 0 Å². The molecule has 382 valence electrons. The number of unbranched alkanes of at least 4 members (excludes halogenated alkanes) is 29. The molecule has 9 nitrogen and oxygen atoms in total. The van der Waals surface area contributed by atoms with Gasteiger partial charge in [0.05, 0.1) is 33.8 Å². The van der Waals surface area contributed by atoms with Crippen LogP contribution in [0.1, 0.15) is 252 Å². The zero-order chi connectivity index (χ0) is 48.0. The van der Waals surface area contributed by atoms with Crippen LogP contribution in [0.5, 0.6) is 0 Å². The molecule has 0 radical (unpaired) electrons. The van der Waals surface area contributed by atoms with Crippen molar-refractivity contribution in [2.24, 2.45) is 0 Å². The minimum Gasteiger partial charge on any atom is -0.456 e. The lowest BCUT2D eigenvalue weighted by molar-refractivity contribution is -0.870. The van der Waals surface area contributed by atoms with Gasteiger partial charge in [-0.15, -0.1) is 0 Å². The molecule has 0 saturated heterocycles. The van der Waals surface area contributed by atoms with E-state index in [-0.39, 0.29) is 31.5 Å². The molecule has 3 atom stereocenters. The van der Waals surface area contributed by atoms with Crippen molar-refractivity contribution in [3.63, 3.8) is 0 Å². The lowest BCUT2D eigenvalue weighted by atomic mass is 10.0. The zero-order valence-corrected chi connectivity index (χ0v) is 44.4. The van der Waals surface area contributed by atoms with E-state index in [0.717, 1.165) is 51.4 Å². The summed E-state index contributed by atoms with van der Waals surface area (Å²) in [6.45, 7) is 6.97. The molecule has 0 aromatic carbocycles. The van der Waals surface area contributed by atoms with Gasteiger partial charge in [-0.25, -0.2) is 4.57 Å². The summed E-state index contributed by atoms with van der Waals surface area (Å²) < 4.78 is 30.5. The van der Waals surface area contributed by atoms with Crippen molar-refractivity contribution in [3.05, 3.63) is 36.5 Å². The number of nitrogens with one attached hydrogen (secondary N) is 1. The van der Waals surface area contributed by atoms with E-state index < -0.39 is 20.0 Å². The van der Waals surface area contributed by atoms with Crippen molar-refractivity contribution in [2.45, 2.75) is 264 Å². The molecule has 0 aromatic rings. The number of hydrogen-bond donors (Lipinski definition) is 2. The minimum atomic E-state index is -4.45. The maximum absolute atomic E-state index is 13.4. The molecule has 2 N–H and O–H groups in total. The number of nitrogens with zero attached hydrogens (tertiary/aromatic N) is 1. The molecule has 0 bridgehead atoms. The Balaban J connectivity index is 5.48. The normalized spacial score (nSPS) is 14.1. The largest absolute Gasteiger partial charge is 0.472 e. The average Bonchev–Trinajstić information content (AvgIpc) is 3.26. The van der Waals surface area contributed by atoms with Crippen molar-refractivity contribution < 1.29 is 37.3 Å². The number of phosphoric ester groups is 1. The first-order valence-electron chi connectivity index (χ1n) is 27.3. The number of amides is 1. The molecule has 0 heterocycles. The van der Waals surface area contributed by atoms with Gasteiger partial charge in [-0.1, -0.05) is 225 Å². The lowest BCUT2D eigenvalue weighted by Crippen LogP contribution is -2.47. The van der Waals surface area contributed by atoms with E-state index in [2.05, 4.69) is 44.3 Å². The smallest absolute Gasteiger partial charge is 0.456 e. The Kier molecular flexibility index (Phi) is 44.7. The van der Waals surface area contributed by atoms with Crippen LogP contribution in [0.2, 0.25) is 0 Å². The van der Waals surface area contributed by atoms with Crippen molar-refractivity contribution in [3.8, 4) is 0 Å². The van der Waals surface area contributed by atoms with Gasteiger partial charge in [0.15, 0.2) is 0 Å². The molecule has 0 spiro atoms. The minimum absolute atomic E-state index is 0.0348. The summed E-state index contributed by atoms with van der Waals surface area (Å²) in [6, 6.07) is -0.864. The van der Waals surface area contributed by atoms with Crippen LogP contribution in [0.3, 0.4) is 0 Å². The van der Waals surface area contributed by atoms with E-state index >= 15 is 0 Å². The van der Waals surface area contributed by atoms with Crippen LogP contribution >= 0.6 is 7.82 Å². The molecular formula is C55H106N2O7P+. The fourth-order valence-corrected chi connectivity index (χ4v) is 8.55. The Morgan fingerprint density at radius 1 is 0.538 bits per heavy atom. The first kappa shape index (κ1) is 63.2. The van der Waals surface area contributed by atoms with Gasteiger partial charge in [0.2, 0.25) is 5.91 Å². The molecule has 0 aliphatic heterocycles. The second-order valence-corrected chi connectivity index (χ2v) is 21.2. The monoisotopic (exact) mass is 938 g/mol. The molecule has 0 aliphatic carbocycles. The summed E-state index contributed by atoms with van der Waals surface area (Å²) in [4.78, 5) is 37.4. The summed E-state index contributed by atoms with van der Waals surface area (Å²) in [6.07, 6.45) is 52.9. The van der Waals surface area contributed by atoms with Crippen LogP contribution in [-0.4, -0.2) is 74.3 Å². The first-order chi connectivity index (χ1) is 31.4. The van der Waals surface area contributed by atoms with Crippen molar-refractivity contribution >= 4 is 19.7 Å². The summed E-state index contributed by atoms with van der Waals surface area (Å²) >= 11 is 0. The Morgan fingerprint density at radius 3 is 1.42 bits per heavy atom. The second-order valence-electron chi connectivity index (χ2n) is 19.8. The second kappa shape index (κ2) is 46.0. The maximum atomic E-state index is 13.4. The Labute approximate surface area is 402 Å². The molecule has 3 unspecified atom stereocenters. The fraction of sp³-hybridized carbons (Fsp3) is 0.855. The van der Waals surface area contributed by atoms with E-state index in [1.165, 1.54) is 161 Å². The summed E-state index contributed by atoms with van der Waals surface area (Å²) in [7, 11) is 1.48. The molecule has 10 heteroatoms. The molecule has 0 fully saturated rings. The average molecular weight is 938 g/mol. The van der Waals surface area contributed by atoms with Gasteiger partial charge in [-0.2, -0.15) is 0 Å². The van der Waals surface area contributed by atoms with Gasteiger partial charge >= 0.3 is 13.8 Å². The van der Waals surface area contributed by atoms with Crippen LogP contribution in [-0.2, 0) is 27.9 Å². The molecule has 1 amide bonds. The number of hydrogen-bond acceptors (Lipinski definition) is 6. The number of esters is 1. The van der Waals surface area contributed by atoms with Gasteiger partial charge in [0.1, 0.15) is 19.3 Å². The third kappa shape index (κ3) is 47.1. The van der Waals surface area contributed by atoms with Gasteiger partial charge in [0.25, 0.3) is 0 Å². The summed E-state index contributed by atoms with van der Waals surface area (Å²) in [5.74, 6) is -0.576. The Bertz CT molecular complexity index is 1220. The quantitative estimate of drug-likeness (QED) is 0.0205. The molecule has 0 saturated carbocycles. The number of likely N-dealkylation sites (N-methyl/N-ethyl adjacent to an activating group) is 1. The highest BCUT2D eigenvalue weighted by molar-refractivity contribution is 7.47. The Hall–Kier alpha value is -1.77. The summed E-state index contributed by atoms with van der Waals surface area (Å²) in [5, 5.41) is 3.03. The molecular weight excluding hydrogens is 832 g/mol. The molecule has 0 aromatic heterocycles. The number of ether oxygens (including phenoxy) is 1. The van der Waals surface area contributed by atoms with Crippen LogP contribution < -0.4 is 5.32 Å². The molecule has 65 heavy (non-hydrogen) atoms. The van der Waals surface area contributed by atoms with Crippen molar-refractivity contribution in [1.82, 2.24) is 5.32 Å². The van der Waals surface area contributed by atoms with E-state index in [4.69, 9.17) is 13.8 Å². The van der Waals surface area contributed by atoms with Gasteiger partial charge in [0, 0.05) is 12.8 Å². The highest BCUT2D eigenvalue weighted by atomic mass is 31.2. The number of quaternary nitrogens is 1. The standard InChI is InChI=1S/C55H105N2O7P/c1-7-10-13-16-19-22-25-28-31-34-37-40-43-46-53(64-55(59)48-45-42-39-36-33-30-27-24-21-18-15-12-9-3)52(51-63-65(60,61)62-50-49-57(4,5)6)56-54(58)47-44-41-38-35-32-29-26-23-20-17-14-11-8-2/h30,33,39,42-43,46,52-53H,7-29,31-32,34-38,40-41,44-45,47-51H2,1-6H3,(H-,56,58,60,61)/p+1/b33-30-,42-39+,46-43+. The van der Waals surface area contributed by atoms with Crippen LogP contribution in [0.15, 0.2) is 36.5 Å². The highest BCUT2D eigenvalue weighted by Crippen LogP contribution is 2.43. The van der Waals surface area contributed by atoms with E-state index in [1.54, 1.807) is 0 Å². The Morgan fingerprint density at radius 2 is 0.954 bits per heavy atom. The number of phosphoric acid groups is 1. The zero-order valence-electron chi connectivity index (χ0n) is 43.5. The number of rotatable bonds is 49. The number of carbonyl (C=O) groups is 2.